The van der Waals surface area contributed by atoms with Gasteiger partial charge in [-0.1, -0.05) is 30.3 Å². The Hall–Kier alpha value is -3.72. The van der Waals surface area contributed by atoms with Crippen LogP contribution in [0.5, 0.6) is 0 Å². The summed E-state index contributed by atoms with van der Waals surface area (Å²) < 4.78 is 19.1. The second kappa shape index (κ2) is 11.1. The number of benzene rings is 2. The number of ether oxygens (including phenoxy) is 1. The first-order chi connectivity index (χ1) is 17.7. The average molecular weight is 509 g/mol. The number of nitrogens with zero attached hydrogens (tertiary/aromatic N) is 3. The first-order valence-electron chi connectivity index (χ1n) is 12.5. The molecule has 4 rings (SSSR count). The monoisotopic (exact) mass is 508 g/mol. The summed E-state index contributed by atoms with van der Waals surface area (Å²) in [4.78, 5) is 44.5. The molecule has 1 N–H and O–H groups in total. The molecule has 1 saturated heterocycles. The summed E-state index contributed by atoms with van der Waals surface area (Å²) in [7, 11) is 1.64. The Balaban J connectivity index is 1.61. The molecule has 37 heavy (non-hydrogen) atoms. The number of nitrogens with one attached hydrogen (secondary N) is 1. The molecule has 0 unspecified atom stereocenters. The van der Waals surface area contributed by atoms with E-state index < -0.39 is 17.8 Å². The summed E-state index contributed by atoms with van der Waals surface area (Å²) in [5.74, 6) is -1.13. The van der Waals surface area contributed by atoms with Gasteiger partial charge in [-0.05, 0) is 50.1 Å². The second-order valence-corrected chi connectivity index (χ2v) is 9.47. The van der Waals surface area contributed by atoms with Crippen LogP contribution >= 0.6 is 0 Å². The summed E-state index contributed by atoms with van der Waals surface area (Å²) in [5, 5.41) is 2.96. The van der Waals surface area contributed by atoms with E-state index in [1.807, 2.05) is 38.1 Å². The van der Waals surface area contributed by atoms with Crippen LogP contribution in [0, 0.1) is 12.7 Å². The van der Waals surface area contributed by atoms with Crippen LogP contribution in [0.25, 0.3) is 0 Å². The molecule has 1 fully saturated rings. The number of carbonyl (C=O) groups excluding carboxylic acids is 3. The first kappa shape index (κ1) is 26.3. The maximum absolute atomic E-state index is 13.7. The quantitative estimate of drug-likeness (QED) is 0.604. The van der Waals surface area contributed by atoms with Crippen LogP contribution in [0.4, 0.5) is 9.18 Å². The fourth-order valence-corrected chi connectivity index (χ4v) is 5.02. The van der Waals surface area contributed by atoms with E-state index in [2.05, 4.69) is 10.2 Å². The van der Waals surface area contributed by atoms with Gasteiger partial charge in [-0.15, -0.1) is 0 Å². The Morgan fingerprint density at radius 3 is 2.57 bits per heavy atom. The fourth-order valence-electron chi connectivity index (χ4n) is 5.02. The minimum Gasteiger partial charge on any atom is -0.463 e. The molecule has 2 aliphatic rings. The first-order valence-corrected chi connectivity index (χ1v) is 12.5. The van der Waals surface area contributed by atoms with Crippen molar-refractivity contribution < 1.29 is 23.5 Å². The molecule has 0 saturated carbocycles. The number of esters is 1. The van der Waals surface area contributed by atoms with Gasteiger partial charge in [0.2, 0.25) is 0 Å². The van der Waals surface area contributed by atoms with Crippen LogP contribution in [0.2, 0.25) is 0 Å². The molecule has 2 aliphatic heterocycles. The number of amides is 3. The van der Waals surface area contributed by atoms with Crippen LogP contribution in [0.3, 0.4) is 0 Å². The Bertz CT molecular complexity index is 1230. The molecular weight excluding hydrogens is 475 g/mol. The van der Waals surface area contributed by atoms with Crippen LogP contribution in [0.15, 0.2) is 59.8 Å². The summed E-state index contributed by atoms with van der Waals surface area (Å²) in [5.41, 5.74) is 3.09. The molecule has 0 aromatic heterocycles. The van der Waals surface area contributed by atoms with Crippen molar-refractivity contribution in [3.63, 3.8) is 0 Å². The second-order valence-electron chi connectivity index (χ2n) is 9.47. The minimum absolute atomic E-state index is 0.147. The number of likely N-dealkylation sites (N-methyl/N-ethyl adjacent to an activating group) is 1. The molecule has 2 aromatic carbocycles. The van der Waals surface area contributed by atoms with Gasteiger partial charge in [0.1, 0.15) is 5.82 Å². The van der Waals surface area contributed by atoms with E-state index in [9.17, 15) is 18.8 Å². The lowest BCUT2D eigenvalue weighted by Crippen LogP contribution is -2.56. The summed E-state index contributed by atoms with van der Waals surface area (Å²) in [6.45, 7) is 7.70. The third kappa shape index (κ3) is 5.51. The zero-order chi connectivity index (χ0) is 26.7. The Labute approximate surface area is 216 Å². The van der Waals surface area contributed by atoms with Crippen molar-refractivity contribution in [2.45, 2.75) is 32.9 Å². The van der Waals surface area contributed by atoms with E-state index in [-0.39, 0.29) is 24.6 Å². The maximum atomic E-state index is 13.7. The molecule has 0 aliphatic carbocycles. The minimum atomic E-state index is -0.632. The fraction of sp³-hybridized carbons (Fsp3) is 0.393. The standard InChI is InChI=1S/C28H33FN4O4/c1-5-37-27(35)24-23(31(4)28(36)30-25(24)22-12-7-6-9-18(22)2)17-32-13-14-33(19(3)16-32)26(34)20-10-8-11-21(29)15-20/h6-12,15,19,25H,5,13-14,16-17H2,1-4H3,(H,30,36)/t19-,25-/m0/s1. The third-order valence-electron chi connectivity index (χ3n) is 6.99. The van der Waals surface area contributed by atoms with Gasteiger partial charge in [0, 0.05) is 50.5 Å². The highest BCUT2D eigenvalue weighted by Gasteiger charge is 2.39. The number of carbonyl (C=O) groups is 3. The van der Waals surface area contributed by atoms with Crippen LogP contribution in [-0.2, 0) is 9.53 Å². The Kier molecular flexibility index (Phi) is 7.92. The van der Waals surface area contributed by atoms with E-state index >= 15 is 0 Å². The van der Waals surface area contributed by atoms with Crippen molar-refractivity contribution in [1.82, 2.24) is 20.0 Å². The molecule has 9 heteroatoms. The van der Waals surface area contributed by atoms with Crippen molar-refractivity contribution in [1.29, 1.82) is 0 Å². The highest BCUT2D eigenvalue weighted by atomic mass is 19.1. The molecule has 196 valence electrons. The van der Waals surface area contributed by atoms with E-state index in [0.717, 1.165) is 11.1 Å². The largest absolute Gasteiger partial charge is 0.463 e. The number of aryl methyl sites for hydroxylation is 1. The summed E-state index contributed by atoms with van der Waals surface area (Å²) >= 11 is 0. The van der Waals surface area contributed by atoms with Gasteiger partial charge in [0.15, 0.2) is 0 Å². The SMILES string of the molecule is CCOC(=O)C1=C(CN2CCN(C(=O)c3cccc(F)c3)[C@@H](C)C2)N(C)C(=O)N[C@H]1c1ccccc1C. The van der Waals surface area contributed by atoms with Gasteiger partial charge in [-0.2, -0.15) is 0 Å². The van der Waals surface area contributed by atoms with E-state index in [1.165, 1.54) is 23.1 Å². The van der Waals surface area contributed by atoms with Gasteiger partial charge >= 0.3 is 12.0 Å². The lowest BCUT2D eigenvalue weighted by atomic mass is 9.91. The lowest BCUT2D eigenvalue weighted by molar-refractivity contribution is -0.139. The molecule has 2 heterocycles. The number of hydrogen-bond donors (Lipinski definition) is 1. The van der Waals surface area contributed by atoms with Crippen LogP contribution in [0.1, 0.15) is 41.4 Å². The number of piperazine rings is 1. The van der Waals surface area contributed by atoms with Crippen molar-refractivity contribution >= 4 is 17.9 Å². The maximum Gasteiger partial charge on any atom is 0.338 e. The van der Waals surface area contributed by atoms with Crippen molar-refractivity contribution in [2.75, 3.05) is 39.8 Å². The summed E-state index contributed by atoms with van der Waals surface area (Å²) in [6, 6.07) is 12.3. The van der Waals surface area contributed by atoms with Crippen LogP contribution < -0.4 is 5.32 Å². The smallest absolute Gasteiger partial charge is 0.338 e. The van der Waals surface area contributed by atoms with Gasteiger partial charge in [-0.25, -0.2) is 14.0 Å². The third-order valence-corrected chi connectivity index (χ3v) is 6.99. The number of hydrogen-bond acceptors (Lipinski definition) is 5. The Morgan fingerprint density at radius 2 is 1.89 bits per heavy atom. The molecule has 8 nitrogen and oxygen atoms in total. The summed E-state index contributed by atoms with van der Waals surface area (Å²) in [6.07, 6.45) is 0. The topological polar surface area (TPSA) is 82.2 Å². The number of halogens is 1. The highest BCUT2D eigenvalue weighted by Crippen LogP contribution is 2.33. The predicted molar refractivity (Wildman–Crippen MR) is 137 cm³/mol. The average Bonchev–Trinajstić information content (AvgIpc) is 2.87. The van der Waals surface area contributed by atoms with Gasteiger partial charge in [0.25, 0.3) is 5.91 Å². The number of rotatable bonds is 6. The molecule has 0 radical (unpaired) electrons. The molecule has 3 amide bonds. The van der Waals surface area contributed by atoms with Gasteiger partial charge in [0.05, 0.1) is 18.2 Å². The molecule has 0 spiro atoms. The molecule has 2 aromatic rings. The zero-order valence-electron chi connectivity index (χ0n) is 21.7. The predicted octanol–water partition coefficient (Wildman–Crippen LogP) is 3.49. The van der Waals surface area contributed by atoms with Gasteiger partial charge < -0.3 is 15.0 Å². The zero-order valence-corrected chi connectivity index (χ0v) is 21.7. The van der Waals surface area contributed by atoms with Crippen molar-refractivity contribution in [3.8, 4) is 0 Å². The number of urea groups is 1. The highest BCUT2D eigenvalue weighted by molar-refractivity contribution is 5.95. The van der Waals surface area contributed by atoms with Crippen molar-refractivity contribution in [2.24, 2.45) is 0 Å². The van der Waals surface area contributed by atoms with E-state index in [0.29, 0.717) is 43.0 Å². The lowest BCUT2D eigenvalue weighted by Gasteiger charge is -2.42. The van der Waals surface area contributed by atoms with Crippen LogP contribution in [-0.4, -0.2) is 78.5 Å². The molecular formula is C28H33FN4O4. The normalized spacial score (nSPS) is 20.6. The van der Waals surface area contributed by atoms with E-state index in [1.54, 1.807) is 24.9 Å². The van der Waals surface area contributed by atoms with Crippen molar-refractivity contribution in [3.05, 3.63) is 82.3 Å². The Morgan fingerprint density at radius 1 is 1.14 bits per heavy atom. The van der Waals surface area contributed by atoms with Gasteiger partial charge in [-0.3, -0.25) is 14.6 Å². The molecule has 0 bridgehead atoms. The van der Waals surface area contributed by atoms with E-state index in [4.69, 9.17) is 4.74 Å². The molecule has 2 atom stereocenters.